The van der Waals surface area contributed by atoms with Crippen molar-refractivity contribution in [3.05, 3.63) is 0 Å². The Morgan fingerprint density at radius 3 is 1.64 bits per heavy atom. The fraction of sp³-hybridized carbons (Fsp3) is 1.00. The molecule has 1 N–H and O–H groups in total. The van der Waals surface area contributed by atoms with Gasteiger partial charge in [0.05, 0.1) is 0 Å². The molecule has 1 nitrogen and oxygen atoms in total. The molecule has 0 bridgehead atoms. The second kappa shape index (κ2) is 7.43. The Morgan fingerprint density at radius 2 is 1.36 bits per heavy atom. The van der Waals surface area contributed by atoms with Gasteiger partial charge in [0.2, 0.25) is 0 Å². The summed E-state index contributed by atoms with van der Waals surface area (Å²) in [6.07, 6.45) is -1.87. The summed E-state index contributed by atoms with van der Waals surface area (Å²) in [6, 6.07) is 0. The first-order valence-electron chi connectivity index (χ1n) is 3.31. The van der Waals surface area contributed by atoms with Crippen molar-refractivity contribution in [2.45, 2.75) is 12.3 Å². The molecule has 0 spiro atoms. The van der Waals surface area contributed by atoms with Crippen molar-refractivity contribution >= 4 is 31.9 Å². The molecule has 0 aliphatic carbocycles. The highest BCUT2D eigenvalue weighted by Gasteiger charge is 2.06. The highest BCUT2D eigenvalue weighted by atomic mass is 79.9. The predicted molar refractivity (Wildman–Crippen MR) is 50.2 cm³/mol. The Hall–Kier alpha value is 0.780. The molecular formula is C6H11Br2F2N. The Bertz CT molecular complexity index is 84.7. The molecular weight excluding hydrogens is 284 g/mol. The third kappa shape index (κ3) is 7.15. The zero-order chi connectivity index (χ0) is 8.69. The predicted octanol–water partition coefficient (Wildman–Crippen LogP) is 2.04. The standard InChI is InChI=1S/C6H11Br2F2N/c7-1-5(9)3-11-4-6(10)2-8/h5-6,11H,1-4H2. The molecule has 2 unspecified atom stereocenters. The van der Waals surface area contributed by atoms with Gasteiger partial charge in [0.1, 0.15) is 12.3 Å². The first-order chi connectivity index (χ1) is 5.20. The summed E-state index contributed by atoms with van der Waals surface area (Å²) in [4.78, 5) is 0. The lowest BCUT2D eigenvalue weighted by atomic mass is 10.4. The summed E-state index contributed by atoms with van der Waals surface area (Å²) < 4.78 is 24.9. The zero-order valence-corrected chi connectivity index (χ0v) is 9.17. The number of alkyl halides is 4. The summed E-state index contributed by atoms with van der Waals surface area (Å²) >= 11 is 5.96. The molecule has 0 aromatic heterocycles. The van der Waals surface area contributed by atoms with Crippen LogP contribution in [-0.4, -0.2) is 36.1 Å². The molecule has 0 heterocycles. The van der Waals surface area contributed by atoms with Gasteiger partial charge in [0.15, 0.2) is 0 Å². The second-order valence-corrected chi connectivity index (χ2v) is 3.46. The minimum Gasteiger partial charge on any atom is -0.311 e. The normalized spacial score (nSPS) is 16.4. The van der Waals surface area contributed by atoms with Crippen molar-refractivity contribution in [1.29, 1.82) is 0 Å². The molecule has 68 valence electrons. The van der Waals surface area contributed by atoms with Gasteiger partial charge in [-0.3, -0.25) is 0 Å². The van der Waals surface area contributed by atoms with E-state index in [1.807, 2.05) is 0 Å². The van der Waals surface area contributed by atoms with Crippen LogP contribution < -0.4 is 5.32 Å². The lowest BCUT2D eigenvalue weighted by Gasteiger charge is -2.07. The molecule has 0 saturated carbocycles. The summed E-state index contributed by atoms with van der Waals surface area (Å²) in [5.74, 6) is 0. The minimum atomic E-state index is -0.933. The molecule has 5 heteroatoms. The van der Waals surface area contributed by atoms with Gasteiger partial charge >= 0.3 is 0 Å². The summed E-state index contributed by atoms with van der Waals surface area (Å²) in [6.45, 7) is 0.414. The number of halogens is 4. The second-order valence-electron chi connectivity index (χ2n) is 2.16. The number of rotatable bonds is 6. The number of hydrogen-bond donors (Lipinski definition) is 1. The van der Waals surface area contributed by atoms with Crippen LogP contribution in [0.3, 0.4) is 0 Å². The van der Waals surface area contributed by atoms with Crippen LogP contribution in [0.2, 0.25) is 0 Å². The van der Waals surface area contributed by atoms with Crippen LogP contribution in [0.25, 0.3) is 0 Å². The van der Waals surface area contributed by atoms with E-state index < -0.39 is 12.3 Å². The van der Waals surface area contributed by atoms with Gasteiger partial charge in [-0.2, -0.15) is 0 Å². The largest absolute Gasteiger partial charge is 0.311 e. The lowest BCUT2D eigenvalue weighted by Crippen LogP contribution is -2.31. The maximum absolute atomic E-state index is 12.4. The topological polar surface area (TPSA) is 12.0 Å². The van der Waals surface area contributed by atoms with Gasteiger partial charge in [-0.15, -0.1) is 0 Å². The van der Waals surface area contributed by atoms with Crippen LogP contribution >= 0.6 is 31.9 Å². The van der Waals surface area contributed by atoms with Crippen molar-refractivity contribution in [1.82, 2.24) is 5.32 Å². The Balaban J connectivity index is 3.13. The van der Waals surface area contributed by atoms with E-state index in [-0.39, 0.29) is 13.1 Å². The van der Waals surface area contributed by atoms with E-state index in [1.165, 1.54) is 0 Å². The molecule has 0 radical (unpaired) electrons. The number of nitrogens with one attached hydrogen (secondary N) is 1. The number of hydrogen-bond acceptors (Lipinski definition) is 1. The highest BCUT2D eigenvalue weighted by molar-refractivity contribution is 9.09. The SMILES string of the molecule is FC(CBr)CNCC(F)CBr. The van der Waals surface area contributed by atoms with Gasteiger partial charge in [0, 0.05) is 23.7 Å². The van der Waals surface area contributed by atoms with Gasteiger partial charge in [-0.25, -0.2) is 8.78 Å². The molecule has 0 aliphatic rings. The summed E-state index contributed by atoms with van der Waals surface area (Å²) in [5, 5.41) is 3.27. The zero-order valence-electron chi connectivity index (χ0n) is 5.99. The fourth-order valence-electron chi connectivity index (χ4n) is 0.506. The van der Waals surface area contributed by atoms with Crippen molar-refractivity contribution in [2.75, 3.05) is 23.7 Å². The molecule has 0 amide bonds. The van der Waals surface area contributed by atoms with E-state index in [0.717, 1.165) is 0 Å². The Labute approximate surface area is 82.2 Å². The smallest absolute Gasteiger partial charge is 0.122 e. The van der Waals surface area contributed by atoms with E-state index in [2.05, 4.69) is 37.2 Å². The van der Waals surface area contributed by atoms with Gasteiger partial charge in [-0.05, 0) is 0 Å². The van der Waals surface area contributed by atoms with Crippen LogP contribution in [0.5, 0.6) is 0 Å². The molecule has 0 aliphatic heterocycles. The van der Waals surface area contributed by atoms with Crippen LogP contribution in [0.1, 0.15) is 0 Å². The monoisotopic (exact) mass is 293 g/mol. The van der Waals surface area contributed by atoms with E-state index in [4.69, 9.17) is 0 Å². The maximum Gasteiger partial charge on any atom is 0.122 e. The molecule has 0 saturated heterocycles. The molecule has 11 heavy (non-hydrogen) atoms. The molecule has 0 aromatic rings. The van der Waals surface area contributed by atoms with E-state index in [1.54, 1.807) is 0 Å². The Kier molecular flexibility index (Phi) is 7.96. The molecule has 0 fully saturated rings. The average Bonchev–Trinajstić information content (AvgIpc) is 2.04. The van der Waals surface area contributed by atoms with Gasteiger partial charge in [-0.1, -0.05) is 31.9 Å². The van der Waals surface area contributed by atoms with Crippen LogP contribution in [0.15, 0.2) is 0 Å². The minimum absolute atomic E-state index is 0.207. The van der Waals surface area contributed by atoms with E-state index >= 15 is 0 Å². The first-order valence-corrected chi connectivity index (χ1v) is 5.55. The van der Waals surface area contributed by atoms with Gasteiger partial charge < -0.3 is 5.32 Å². The van der Waals surface area contributed by atoms with E-state index in [0.29, 0.717) is 10.7 Å². The van der Waals surface area contributed by atoms with Crippen molar-refractivity contribution in [2.24, 2.45) is 0 Å². The van der Waals surface area contributed by atoms with Crippen molar-refractivity contribution in [3.63, 3.8) is 0 Å². The van der Waals surface area contributed by atoms with E-state index in [9.17, 15) is 8.78 Å². The highest BCUT2D eigenvalue weighted by Crippen LogP contribution is 1.96. The van der Waals surface area contributed by atoms with Gasteiger partial charge in [0.25, 0.3) is 0 Å². The third-order valence-corrected chi connectivity index (χ3v) is 2.47. The van der Waals surface area contributed by atoms with Crippen LogP contribution in [0, 0.1) is 0 Å². The van der Waals surface area contributed by atoms with Crippen LogP contribution in [0.4, 0.5) is 8.78 Å². The summed E-state index contributed by atoms with van der Waals surface area (Å²) in [7, 11) is 0. The molecule has 2 atom stereocenters. The van der Waals surface area contributed by atoms with Crippen molar-refractivity contribution in [3.8, 4) is 0 Å². The first kappa shape index (κ1) is 11.8. The fourth-order valence-corrected chi connectivity index (χ4v) is 0.964. The molecule has 0 aromatic carbocycles. The average molecular weight is 295 g/mol. The molecule has 0 rings (SSSR count). The quantitative estimate of drug-likeness (QED) is 0.739. The lowest BCUT2D eigenvalue weighted by molar-refractivity contribution is 0.313. The van der Waals surface area contributed by atoms with Crippen LogP contribution in [-0.2, 0) is 0 Å². The maximum atomic E-state index is 12.4. The Morgan fingerprint density at radius 1 is 1.00 bits per heavy atom. The third-order valence-electron chi connectivity index (χ3n) is 1.07. The van der Waals surface area contributed by atoms with Crippen molar-refractivity contribution < 1.29 is 8.78 Å². The summed E-state index contributed by atoms with van der Waals surface area (Å²) in [5.41, 5.74) is 0.